The van der Waals surface area contributed by atoms with E-state index in [1.165, 1.54) is 11.0 Å². The van der Waals surface area contributed by atoms with Gasteiger partial charge in [0.2, 0.25) is 0 Å². The van der Waals surface area contributed by atoms with Crippen molar-refractivity contribution in [3.63, 3.8) is 0 Å². The van der Waals surface area contributed by atoms with E-state index in [0.29, 0.717) is 11.3 Å². The molecule has 0 aliphatic carbocycles. The van der Waals surface area contributed by atoms with Crippen LogP contribution in [0.25, 0.3) is 11.3 Å². The number of aromatic nitrogens is 2. The molecule has 0 bridgehead atoms. The summed E-state index contributed by atoms with van der Waals surface area (Å²) in [5.74, 6) is 0.812. The van der Waals surface area contributed by atoms with Gasteiger partial charge >= 0.3 is 0 Å². The zero-order valence-electron chi connectivity index (χ0n) is 12.4. The van der Waals surface area contributed by atoms with E-state index in [9.17, 15) is 10.2 Å². The van der Waals surface area contributed by atoms with Crippen LogP contribution < -0.4 is 0 Å². The highest BCUT2D eigenvalue weighted by Crippen LogP contribution is 2.39. The predicted molar refractivity (Wildman–Crippen MR) is 90.0 cm³/mol. The summed E-state index contributed by atoms with van der Waals surface area (Å²) in [5.41, 5.74) is 4.41. The molecule has 5 nitrogen and oxygen atoms in total. The third-order valence-electron chi connectivity index (χ3n) is 3.92. The molecule has 1 unspecified atom stereocenters. The third kappa shape index (κ3) is 2.31. The minimum absolute atomic E-state index is 0.0204. The van der Waals surface area contributed by atoms with E-state index in [1.807, 2.05) is 25.1 Å². The molecular weight excluding hydrogens is 310 g/mol. The molecular formula is C17H15N3O2S. The number of hydrogen-bond donors (Lipinski definition) is 3. The normalized spacial score (nSPS) is 15.6. The summed E-state index contributed by atoms with van der Waals surface area (Å²) in [4.78, 5) is 1.27. The smallest absolute Gasteiger partial charge is 0.128 e. The summed E-state index contributed by atoms with van der Waals surface area (Å²) < 4.78 is 4.66. The Morgan fingerprint density at radius 3 is 2.74 bits per heavy atom. The average Bonchev–Trinajstić information content (AvgIpc) is 2.86. The van der Waals surface area contributed by atoms with Crippen LogP contribution in [0.3, 0.4) is 0 Å². The molecule has 2 heterocycles. The first kappa shape index (κ1) is 14.0. The standard InChI is InChI=1S/C17H15N3O2S/c1-10-13(9-23-16-5-3-2-4-14(16)20-23)17(19-18-10)12-7-6-11(21)8-15(12)22/h2-8,21-22H,9H2,1H3,(H,18,19). The molecule has 0 spiro atoms. The van der Waals surface area contributed by atoms with Crippen LogP contribution in [0.4, 0.5) is 5.69 Å². The van der Waals surface area contributed by atoms with Crippen LogP contribution in [-0.2, 0) is 16.4 Å². The van der Waals surface area contributed by atoms with Crippen molar-refractivity contribution in [2.45, 2.75) is 17.6 Å². The lowest BCUT2D eigenvalue weighted by molar-refractivity contribution is 0.451. The Labute approximate surface area is 135 Å². The lowest BCUT2D eigenvalue weighted by atomic mass is 10.1. The van der Waals surface area contributed by atoms with Gasteiger partial charge < -0.3 is 10.2 Å². The summed E-state index contributed by atoms with van der Waals surface area (Å²) in [6.07, 6.45) is 0. The number of aryl methyl sites for hydroxylation is 1. The largest absolute Gasteiger partial charge is 0.508 e. The van der Waals surface area contributed by atoms with Crippen LogP contribution in [0.2, 0.25) is 0 Å². The topological polar surface area (TPSA) is 81.5 Å². The molecule has 1 atom stereocenters. The van der Waals surface area contributed by atoms with Gasteiger partial charge in [0, 0.05) is 33.5 Å². The van der Waals surface area contributed by atoms with E-state index in [1.54, 1.807) is 12.1 Å². The van der Waals surface area contributed by atoms with Crippen molar-refractivity contribution in [3.8, 4) is 22.8 Å². The number of phenols is 2. The average molecular weight is 325 g/mol. The van der Waals surface area contributed by atoms with Crippen LogP contribution in [0, 0.1) is 6.92 Å². The number of aromatic amines is 1. The zero-order chi connectivity index (χ0) is 16.0. The summed E-state index contributed by atoms with van der Waals surface area (Å²) in [6, 6.07) is 12.7. The lowest BCUT2D eigenvalue weighted by Gasteiger charge is -2.19. The molecule has 3 aromatic rings. The minimum Gasteiger partial charge on any atom is -0.508 e. The van der Waals surface area contributed by atoms with Gasteiger partial charge in [0.25, 0.3) is 0 Å². The molecule has 6 heteroatoms. The number of H-pyrrole nitrogens is 1. The monoisotopic (exact) mass is 325 g/mol. The molecule has 23 heavy (non-hydrogen) atoms. The molecule has 116 valence electrons. The van der Waals surface area contributed by atoms with Gasteiger partial charge in [-0.3, -0.25) is 5.10 Å². The number of nitrogens with one attached hydrogen (secondary N) is 1. The number of hydrogen-bond acceptors (Lipinski definition) is 4. The maximum Gasteiger partial charge on any atom is 0.128 e. The number of rotatable bonds is 3. The van der Waals surface area contributed by atoms with Gasteiger partial charge in [-0.2, -0.15) is 5.10 Å². The van der Waals surface area contributed by atoms with Crippen molar-refractivity contribution in [3.05, 3.63) is 53.7 Å². The van der Waals surface area contributed by atoms with Crippen LogP contribution >= 0.6 is 0 Å². The Morgan fingerprint density at radius 1 is 1.13 bits per heavy atom. The Balaban J connectivity index is 1.72. The Bertz CT molecular complexity index is 947. The van der Waals surface area contributed by atoms with Gasteiger partial charge in [0.15, 0.2) is 0 Å². The first-order chi connectivity index (χ1) is 11.1. The highest BCUT2D eigenvalue weighted by atomic mass is 32.2. The highest BCUT2D eigenvalue weighted by Gasteiger charge is 2.22. The van der Waals surface area contributed by atoms with Gasteiger partial charge in [-0.1, -0.05) is 22.8 Å². The summed E-state index contributed by atoms with van der Waals surface area (Å²) >= 11 is 0. The van der Waals surface area contributed by atoms with Crippen LogP contribution in [0.5, 0.6) is 11.5 Å². The summed E-state index contributed by atoms with van der Waals surface area (Å²) in [5, 5.41) is 26.9. The van der Waals surface area contributed by atoms with E-state index in [0.717, 1.165) is 22.7 Å². The van der Waals surface area contributed by atoms with Gasteiger partial charge in [0.05, 0.1) is 5.69 Å². The molecule has 3 N–H and O–H groups in total. The van der Waals surface area contributed by atoms with E-state index < -0.39 is 0 Å². The number of nitrogens with zero attached hydrogens (tertiary/aromatic N) is 2. The van der Waals surface area contributed by atoms with Crippen LogP contribution in [0.15, 0.2) is 51.7 Å². The molecule has 1 aliphatic heterocycles. The van der Waals surface area contributed by atoms with Gasteiger partial charge in [-0.05, 0) is 31.2 Å². The second kappa shape index (κ2) is 5.24. The molecule has 0 saturated carbocycles. The van der Waals surface area contributed by atoms with E-state index >= 15 is 0 Å². The number of aromatic hydroxyl groups is 2. The van der Waals surface area contributed by atoms with Crippen molar-refractivity contribution in [1.82, 2.24) is 10.2 Å². The second-order valence-electron chi connectivity index (χ2n) is 5.45. The lowest BCUT2D eigenvalue weighted by Crippen LogP contribution is -2.04. The number of benzene rings is 2. The molecule has 0 fully saturated rings. The Morgan fingerprint density at radius 2 is 1.96 bits per heavy atom. The fourth-order valence-electron chi connectivity index (χ4n) is 2.68. The van der Waals surface area contributed by atoms with Gasteiger partial charge in [-0.15, -0.1) is 0 Å². The molecule has 4 rings (SSSR count). The first-order valence-electron chi connectivity index (χ1n) is 7.21. The van der Waals surface area contributed by atoms with Crippen molar-refractivity contribution in [1.29, 1.82) is 0 Å². The summed E-state index contributed by atoms with van der Waals surface area (Å²) in [6.45, 7) is 1.97. The van der Waals surface area contributed by atoms with Crippen molar-refractivity contribution in [2.75, 3.05) is 0 Å². The Hall–Kier alpha value is -2.60. The number of fused-ring (bicyclic) bond motifs is 1. The minimum atomic E-state index is -0.172. The van der Waals surface area contributed by atoms with E-state index in [-0.39, 0.29) is 22.2 Å². The zero-order valence-corrected chi connectivity index (χ0v) is 13.3. The fourth-order valence-corrected chi connectivity index (χ4v) is 4.48. The maximum absolute atomic E-state index is 10.1. The van der Waals surface area contributed by atoms with Crippen LogP contribution in [0.1, 0.15) is 11.3 Å². The summed E-state index contributed by atoms with van der Waals surface area (Å²) in [7, 11) is -0.172. The third-order valence-corrected chi connectivity index (χ3v) is 5.75. The molecule has 0 saturated heterocycles. The SMILES string of the molecule is Cc1[nH]nc(-c2ccc(O)cc2O)c1CS1=Nc2ccccc21. The molecule has 2 aromatic carbocycles. The predicted octanol–water partition coefficient (Wildman–Crippen LogP) is 3.80. The van der Waals surface area contributed by atoms with E-state index in [4.69, 9.17) is 0 Å². The van der Waals surface area contributed by atoms with E-state index in [2.05, 4.69) is 20.6 Å². The highest BCUT2D eigenvalue weighted by molar-refractivity contribution is 7.88. The van der Waals surface area contributed by atoms with Crippen molar-refractivity contribution >= 4 is 16.4 Å². The number of phenolic OH excluding ortho intramolecular Hbond substituents is 2. The molecule has 1 aromatic heterocycles. The molecule has 0 amide bonds. The Kier molecular flexibility index (Phi) is 3.20. The maximum atomic E-state index is 10.1. The first-order valence-corrected chi connectivity index (χ1v) is 8.56. The van der Waals surface area contributed by atoms with Crippen LogP contribution in [-0.4, -0.2) is 20.4 Å². The second-order valence-corrected chi connectivity index (χ2v) is 7.09. The molecule has 1 aliphatic rings. The van der Waals surface area contributed by atoms with Crippen molar-refractivity contribution in [2.24, 2.45) is 4.36 Å². The molecule has 0 radical (unpaired) electrons. The van der Waals surface area contributed by atoms with Gasteiger partial charge in [-0.25, -0.2) is 4.36 Å². The quantitative estimate of drug-likeness (QED) is 0.685. The van der Waals surface area contributed by atoms with Crippen molar-refractivity contribution < 1.29 is 10.2 Å². The fraction of sp³-hybridized carbons (Fsp3) is 0.118. The van der Waals surface area contributed by atoms with Gasteiger partial charge in [0.1, 0.15) is 17.2 Å².